The molecule has 2 aromatic carbocycles. The van der Waals surface area contributed by atoms with Crippen molar-refractivity contribution in [2.24, 2.45) is 0 Å². The molecule has 2 aromatic rings. The highest BCUT2D eigenvalue weighted by Gasteiger charge is 2.30. The van der Waals surface area contributed by atoms with Gasteiger partial charge in [-0.1, -0.05) is 17.7 Å². The molecule has 1 aliphatic heterocycles. The maximum absolute atomic E-state index is 12.8. The Labute approximate surface area is 125 Å². The van der Waals surface area contributed by atoms with E-state index in [1.54, 1.807) is 25.3 Å². The minimum Gasteiger partial charge on any atom is -0.497 e. The fraction of sp³-hybridized carbons (Fsp3) is 0.250. The minimum atomic E-state index is -3.50. The zero-order chi connectivity index (χ0) is 15.0. The Hall–Kier alpha value is -2.01. The normalized spacial score (nSPS) is 14.1. The number of hydrogen-bond donors (Lipinski definition) is 0. The highest BCUT2D eigenvalue weighted by molar-refractivity contribution is 7.92. The number of ether oxygens (including phenoxy) is 1. The van der Waals surface area contributed by atoms with E-state index in [1.807, 2.05) is 31.2 Å². The van der Waals surface area contributed by atoms with Crippen LogP contribution in [0.15, 0.2) is 47.4 Å². The predicted molar refractivity (Wildman–Crippen MR) is 82.4 cm³/mol. The lowest BCUT2D eigenvalue weighted by atomic mass is 10.1. The summed E-state index contributed by atoms with van der Waals surface area (Å²) in [7, 11) is -1.89. The van der Waals surface area contributed by atoms with Gasteiger partial charge in [0.25, 0.3) is 10.0 Å². The van der Waals surface area contributed by atoms with Crippen LogP contribution >= 0.6 is 0 Å². The molecule has 0 aliphatic carbocycles. The average molecular weight is 303 g/mol. The number of anilines is 1. The molecule has 3 rings (SSSR count). The van der Waals surface area contributed by atoms with Crippen LogP contribution in [-0.2, 0) is 16.4 Å². The molecule has 0 bridgehead atoms. The summed E-state index contributed by atoms with van der Waals surface area (Å²) in [4.78, 5) is 0.330. The minimum absolute atomic E-state index is 0.330. The molecule has 0 spiro atoms. The molecule has 0 radical (unpaired) electrons. The van der Waals surface area contributed by atoms with Gasteiger partial charge in [0, 0.05) is 6.54 Å². The third-order valence-corrected chi connectivity index (χ3v) is 5.58. The quantitative estimate of drug-likeness (QED) is 0.876. The summed E-state index contributed by atoms with van der Waals surface area (Å²) in [6.07, 6.45) is 0.706. The van der Waals surface area contributed by atoms with E-state index >= 15 is 0 Å². The summed E-state index contributed by atoms with van der Waals surface area (Å²) >= 11 is 0. The topological polar surface area (TPSA) is 46.6 Å². The van der Waals surface area contributed by atoms with Crippen LogP contribution in [0.4, 0.5) is 5.69 Å². The van der Waals surface area contributed by atoms with Gasteiger partial charge in [-0.15, -0.1) is 0 Å². The predicted octanol–water partition coefficient (Wildman–Crippen LogP) is 2.76. The summed E-state index contributed by atoms with van der Waals surface area (Å²) in [5.74, 6) is 0.753. The molecule has 0 aromatic heterocycles. The van der Waals surface area contributed by atoms with Gasteiger partial charge >= 0.3 is 0 Å². The van der Waals surface area contributed by atoms with Crippen molar-refractivity contribution in [3.63, 3.8) is 0 Å². The lowest BCUT2D eigenvalue weighted by Gasteiger charge is -2.19. The van der Waals surface area contributed by atoms with Gasteiger partial charge < -0.3 is 4.74 Å². The summed E-state index contributed by atoms with van der Waals surface area (Å²) in [5, 5.41) is 0. The highest BCUT2D eigenvalue weighted by Crippen LogP contribution is 2.35. The van der Waals surface area contributed by atoms with Crippen LogP contribution in [0.25, 0.3) is 0 Å². The van der Waals surface area contributed by atoms with Gasteiger partial charge in [0.15, 0.2) is 0 Å². The Kier molecular flexibility index (Phi) is 3.37. The first kappa shape index (κ1) is 13.9. The third kappa shape index (κ3) is 2.38. The van der Waals surface area contributed by atoms with Crippen molar-refractivity contribution in [3.8, 4) is 5.75 Å². The molecule has 4 nitrogen and oxygen atoms in total. The molecule has 110 valence electrons. The number of fused-ring (bicyclic) bond motifs is 1. The molecule has 1 heterocycles. The molecule has 21 heavy (non-hydrogen) atoms. The molecule has 5 heteroatoms. The first-order valence-corrected chi connectivity index (χ1v) is 8.23. The first-order valence-electron chi connectivity index (χ1n) is 6.79. The molecule has 0 unspecified atom stereocenters. The average Bonchev–Trinajstić information content (AvgIpc) is 2.91. The Bertz CT molecular complexity index is 767. The van der Waals surface area contributed by atoms with Crippen LogP contribution in [-0.4, -0.2) is 22.1 Å². The van der Waals surface area contributed by atoms with Crippen molar-refractivity contribution in [3.05, 3.63) is 53.6 Å². The monoisotopic (exact) mass is 303 g/mol. The van der Waals surface area contributed by atoms with Crippen LogP contribution in [0, 0.1) is 6.92 Å². The number of aryl methyl sites for hydroxylation is 1. The number of nitrogens with zero attached hydrogens (tertiary/aromatic N) is 1. The molecular weight excluding hydrogens is 286 g/mol. The van der Waals surface area contributed by atoms with Crippen molar-refractivity contribution >= 4 is 15.7 Å². The maximum atomic E-state index is 12.8. The second-order valence-electron chi connectivity index (χ2n) is 5.13. The molecule has 0 atom stereocenters. The summed E-state index contributed by atoms with van der Waals surface area (Å²) in [6, 6.07) is 12.5. The van der Waals surface area contributed by atoms with E-state index in [0.29, 0.717) is 17.9 Å². The lowest BCUT2D eigenvalue weighted by molar-refractivity contribution is 0.414. The van der Waals surface area contributed by atoms with E-state index in [-0.39, 0.29) is 0 Å². The Morgan fingerprint density at radius 1 is 1.10 bits per heavy atom. The number of rotatable bonds is 3. The van der Waals surface area contributed by atoms with Crippen LogP contribution in [0.2, 0.25) is 0 Å². The SMILES string of the molecule is COc1ccc2c(c1)CCN2S(=O)(=O)c1ccc(C)cc1. The number of sulfonamides is 1. The molecule has 0 saturated heterocycles. The second kappa shape index (κ2) is 5.07. The standard InChI is InChI=1S/C16H17NO3S/c1-12-3-6-15(7-4-12)21(18,19)17-10-9-13-11-14(20-2)5-8-16(13)17/h3-8,11H,9-10H2,1-2H3. The van der Waals surface area contributed by atoms with Gasteiger partial charge in [-0.05, 0) is 49.2 Å². The number of hydrogen-bond acceptors (Lipinski definition) is 3. The number of benzene rings is 2. The van der Waals surface area contributed by atoms with Crippen molar-refractivity contribution < 1.29 is 13.2 Å². The van der Waals surface area contributed by atoms with Crippen molar-refractivity contribution in [2.75, 3.05) is 18.0 Å². The van der Waals surface area contributed by atoms with Gasteiger partial charge in [-0.25, -0.2) is 8.42 Å². The molecule has 0 saturated carbocycles. The van der Waals surface area contributed by atoms with Crippen LogP contribution in [0.1, 0.15) is 11.1 Å². The lowest BCUT2D eigenvalue weighted by Crippen LogP contribution is -2.29. The summed E-state index contributed by atoms with van der Waals surface area (Å²) in [6.45, 7) is 2.41. The largest absolute Gasteiger partial charge is 0.497 e. The maximum Gasteiger partial charge on any atom is 0.264 e. The molecule has 0 fully saturated rings. The van der Waals surface area contributed by atoms with Crippen LogP contribution in [0.3, 0.4) is 0 Å². The van der Waals surface area contributed by atoms with E-state index in [9.17, 15) is 8.42 Å². The van der Waals surface area contributed by atoms with Gasteiger partial charge in [-0.3, -0.25) is 4.31 Å². The van der Waals surface area contributed by atoms with Crippen molar-refractivity contribution in [1.29, 1.82) is 0 Å². The summed E-state index contributed by atoms with van der Waals surface area (Å²) in [5.41, 5.74) is 2.79. The first-order chi connectivity index (χ1) is 10.0. The second-order valence-corrected chi connectivity index (χ2v) is 7.00. The molecular formula is C16H17NO3S. The van der Waals surface area contributed by atoms with Crippen molar-refractivity contribution in [1.82, 2.24) is 0 Å². The summed E-state index contributed by atoms with van der Waals surface area (Å²) < 4.78 is 32.2. The fourth-order valence-corrected chi connectivity index (χ4v) is 4.07. The molecule has 0 N–H and O–H groups in total. The van der Waals surface area contributed by atoms with E-state index in [2.05, 4.69) is 0 Å². The van der Waals surface area contributed by atoms with E-state index < -0.39 is 10.0 Å². The Balaban J connectivity index is 2.01. The zero-order valence-electron chi connectivity index (χ0n) is 12.0. The Morgan fingerprint density at radius 2 is 1.81 bits per heavy atom. The highest BCUT2D eigenvalue weighted by atomic mass is 32.2. The van der Waals surface area contributed by atoms with Crippen LogP contribution in [0.5, 0.6) is 5.75 Å². The Morgan fingerprint density at radius 3 is 2.48 bits per heavy atom. The third-order valence-electron chi connectivity index (χ3n) is 3.75. The van der Waals surface area contributed by atoms with E-state index in [4.69, 9.17) is 4.74 Å². The van der Waals surface area contributed by atoms with Gasteiger partial charge in [-0.2, -0.15) is 0 Å². The molecule has 0 amide bonds. The fourth-order valence-electron chi connectivity index (χ4n) is 2.56. The van der Waals surface area contributed by atoms with Crippen molar-refractivity contribution in [2.45, 2.75) is 18.2 Å². The van der Waals surface area contributed by atoms with E-state index in [1.165, 1.54) is 4.31 Å². The van der Waals surface area contributed by atoms with E-state index in [0.717, 1.165) is 22.6 Å². The van der Waals surface area contributed by atoms with Gasteiger partial charge in [0.2, 0.25) is 0 Å². The number of methoxy groups -OCH3 is 1. The molecule has 1 aliphatic rings. The van der Waals surface area contributed by atoms with Gasteiger partial charge in [0.1, 0.15) is 5.75 Å². The van der Waals surface area contributed by atoms with Gasteiger partial charge in [0.05, 0.1) is 17.7 Å². The van der Waals surface area contributed by atoms with Crippen LogP contribution < -0.4 is 9.04 Å². The zero-order valence-corrected chi connectivity index (χ0v) is 12.9. The smallest absolute Gasteiger partial charge is 0.264 e.